The van der Waals surface area contributed by atoms with Crippen LogP contribution in [0.2, 0.25) is 0 Å². The maximum atomic E-state index is 3.49. The number of nitrogens with zero attached hydrogens (tertiary/aromatic N) is 1. The van der Waals surface area contributed by atoms with E-state index in [1.54, 1.807) is 0 Å². The highest BCUT2D eigenvalue weighted by Gasteiger charge is 2.09. The Morgan fingerprint density at radius 3 is 1.73 bits per heavy atom. The van der Waals surface area contributed by atoms with Gasteiger partial charge in [0.2, 0.25) is 0 Å². The number of H-pyrrole nitrogens is 1. The van der Waals surface area contributed by atoms with E-state index in [-0.39, 0.29) is 0 Å². The van der Waals surface area contributed by atoms with Crippen molar-refractivity contribution >= 4 is 0 Å². The van der Waals surface area contributed by atoms with E-state index in [0.29, 0.717) is 0 Å². The Morgan fingerprint density at radius 2 is 1.17 bits per heavy atom. The van der Waals surface area contributed by atoms with Crippen molar-refractivity contribution < 1.29 is 4.57 Å². The van der Waals surface area contributed by atoms with Gasteiger partial charge in [-0.3, -0.25) is 0 Å². The average Bonchev–Trinajstić information content (AvgIpc) is 3.17. The van der Waals surface area contributed by atoms with Crippen LogP contribution >= 0.6 is 0 Å². The summed E-state index contributed by atoms with van der Waals surface area (Å²) >= 11 is 0. The Balaban J connectivity index is 1.93. The fraction of sp³-hybridized carbons (Fsp3) is 0.893. The monoisotopic (exact) mass is 419 g/mol. The fourth-order valence-corrected chi connectivity index (χ4v) is 4.50. The van der Waals surface area contributed by atoms with Gasteiger partial charge in [-0.2, -0.15) is 0 Å². The Bertz CT molecular complexity index is 463. The molecule has 1 aromatic rings. The third-order valence-corrected chi connectivity index (χ3v) is 6.55. The molecule has 0 fully saturated rings. The van der Waals surface area contributed by atoms with E-state index in [1.165, 1.54) is 141 Å². The molecule has 0 spiro atoms. The molecule has 0 radical (unpaired) electrons. The molecular formula is C28H55N2+. The number of nitrogens with one attached hydrogen (secondary N) is 1. The third kappa shape index (κ3) is 16.0. The summed E-state index contributed by atoms with van der Waals surface area (Å²) < 4.78 is 2.47. The zero-order valence-corrected chi connectivity index (χ0v) is 21.0. The number of unbranched alkanes of at least 4 members (excludes halogenated alkanes) is 16. The molecule has 0 aliphatic carbocycles. The summed E-state index contributed by atoms with van der Waals surface area (Å²) in [7, 11) is 0. The maximum absolute atomic E-state index is 3.49. The predicted octanol–water partition coefficient (Wildman–Crippen LogP) is 8.93. The number of rotatable bonds is 22. The number of imidazole rings is 1. The van der Waals surface area contributed by atoms with Crippen LogP contribution in [0.5, 0.6) is 0 Å². The van der Waals surface area contributed by atoms with Crippen molar-refractivity contribution in [3.05, 3.63) is 18.2 Å². The SMILES string of the molecule is CCCCCCCCCCCCC[n+]1cc[nH]c1CCCCCCCCCC(C)C. The first-order chi connectivity index (χ1) is 14.7. The van der Waals surface area contributed by atoms with Gasteiger partial charge in [0.1, 0.15) is 12.4 Å². The summed E-state index contributed by atoms with van der Waals surface area (Å²) in [4.78, 5) is 3.49. The second-order valence-electron chi connectivity index (χ2n) is 10.0. The standard InChI is InChI=1S/C28H54N2/c1-4-5-6-7-8-9-10-11-15-18-21-25-30-26-24-29-28(30)23-20-17-14-12-13-16-19-22-27(2)3/h24,26-27H,4-23,25H2,1-3H3/p+1. The van der Waals surface area contributed by atoms with E-state index < -0.39 is 0 Å². The van der Waals surface area contributed by atoms with E-state index in [9.17, 15) is 0 Å². The van der Waals surface area contributed by atoms with Gasteiger partial charge in [0.05, 0.1) is 6.54 Å². The molecule has 0 bridgehead atoms. The molecule has 1 heterocycles. The largest absolute Gasteiger partial charge is 0.254 e. The average molecular weight is 420 g/mol. The van der Waals surface area contributed by atoms with Crippen LogP contribution < -0.4 is 4.57 Å². The highest BCUT2D eigenvalue weighted by molar-refractivity contribution is 4.77. The number of hydrogen-bond donors (Lipinski definition) is 1. The van der Waals surface area contributed by atoms with Gasteiger partial charge in [-0.1, -0.05) is 124 Å². The van der Waals surface area contributed by atoms with Crippen LogP contribution in [0.4, 0.5) is 0 Å². The minimum atomic E-state index is 0.877. The topological polar surface area (TPSA) is 19.7 Å². The van der Waals surface area contributed by atoms with Gasteiger partial charge >= 0.3 is 0 Å². The van der Waals surface area contributed by atoms with Crippen molar-refractivity contribution in [3.8, 4) is 0 Å². The molecule has 0 atom stereocenters. The Morgan fingerprint density at radius 1 is 0.667 bits per heavy atom. The molecule has 1 N–H and O–H groups in total. The van der Waals surface area contributed by atoms with Crippen molar-refractivity contribution in [1.82, 2.24) is 4.98 Å². The second-order valence-corrected chi connectivity index (χ2v) is 10.0. The maximum Gasteiger partial charge on any atom is 0.254 e. The van der Waals surface area contributed by atoms with Crippen LogP contribution in [0.25, 0.3) is 0 Å². The molecule has 0 aromatic carbocycles. The van der Waals surface area contributed by atoms with Gasteiger partial charge in [-0.05, 0) is 25.2 Å². The zero-order valence-electron chi connectivity index (χ0n) is 21.0. The fourth-order valence-electron chi connectivity index (χ4n) is 4.50. The lowest BCUT2D eigenvalue weighted by molar-refractivity contribution is -0.703. The van der Waals surface area contributed by atoms with E-state index in [0.717, 1.165) is 5.92 Å². The van der Waals surface area contributed by atoms with E-state index in [1.807, 2.05) is 0 Å². The lowest BCUT2D eigenvalue weighted by atomic mass is 10.0. The van der Waals surface area contributed by atoms with Gasteiger partial charge in [-0.25, -0.2) is 9.55 Å². The van der Waals surface area contributed by atoms with Gasteiger partial charge in [0, 0.05) is 6.42 Å². The molecule has 0 aliphatic rings. The summed E-state index contributed by atoms with van der Waals surface area (Å²) in [6.45, 7) is 8.17. The van der Waals surface area contributed by atoms with E-state index in [4.69, 9.17) is 0 Å². The summed E-state index contributed by atoms with van der Waals surface area (Å²) in [6, 6.07) is 0. The van der Waals surface area contributed by atoms with Crippen LogP contribution in [-0.2, 0) is 13.0 Å². The van der Waals surface area contributed by atoms with Crippen LogP contribution in [0, 0.1) is 5.92 Å². The Hall–Kier alpha value is -0.790. The van der Waals surface area contributed by atoms with Crippen LogP contribution in [0.15, 0.2) is 12.4 Å². The first-order valence-corrected chi connectivity index (χ1v) is 13.8. The van der Waals surface area contributed by atoms with Crippen molar-refractivity contribution in [1.29, 1.82) is 0 Å². The lowest BCUT2D eigenvalue weighted by Gasteiger charge is -2.05. The molecular weight excluding hydrogens is 364 g/mol. The molecule has 2 nitrogen and oxygen atoms in total. The predicted molar refractivity (Wildman–Crippen MR) is 133 cm³/mol. The van der Waals surface area contributed by atoms with Gasteiger partial charge in [0.25, 0.3) is 5.82 Å². The number of aryl methyl sites for hydroxylation is 2. The molecule has 30 heavy (non-hydrogen) atoms. The number of aromatic nitrogens is 2. The minimum Gasteiger partial charge on any atom is -0.248 e. The van der Waals surface area contributed by atoms with E-state index >= 15 is 0 Å². The van der Waals surface area contributed by atoms with Crippen molar-refractivity contribution in [2.75, 3.05) is 0 Å². The molecule has 0 saturated heterocycles. The molecule has 1 aromatic heterocycles. The molecule has 176 valence electrons. The third-order valence-electron chi connectivity index (χ3n) is 6.55. The molecule has 0 aliphatic heterocycles. The Kier molecular flexibility index (Phi) is 18.3. The van der Waals surface area contributed by atoms with Crippen LogP contribution in [-0.4, -0.2) is 4.98 Å². The number of aromatic amines is 1. The highest BCUT2D eigenvalue weighted by atomic mass is 15.1. The van der Waals surface area contributed by atoms with Crippen molar-refractivity contribution in [2.45, 2.75) is 156 Å². The molecule has 2 heteroatoms. The summed E-state index contributed by atoms with van der Waals surface area (Å²) in [6.07, 6.45) is 32.5. The lowest BCUT2D eigenvalue weighted by Crippen LogP contribution is -2.36. The summed E-state index contributed by atoms with van der Waals surface area (Å²) in [5, 5.41) is 0. The van der Waals surface area contributed by atoms with Crippen LogP contribution in [0.3, 0.4) is 0 Å². The van der Waals surface area contributed by atoms with Gasteiger partial charge in [0.15, 0.2) is 0 Å². The van der Waals surface area contributed by atoms with Gasteiger partial charge in [-0.15, -0.1) is 0 Å². The summed E-state index contributed by atoms with van der Waals surface area (Å²) in [5.41, 5.74) is 0. The summed E-state index contributed by atoms with van der Waals surface area (Å²) in [5.74, 6) is 2.32. The van der Waals surface area contributed by atoms with Crippen LogP contribution in [0.1, 0.15) is 149 Å². The molecule has 0 saturated carbocycles. The normalized spacial score (nSPS) is 11.6. The zero-order chi connectivity index (χ0) is 21.7. The second kappa shape index (κ2) is 20.1. The minimum absolute atomic E-state index is 0.877. The van der Waals surface area contributed by atoms with Crippen molar-refractivity contribution in [2.24, 2.45) is 5.92 Å². The van der Waals surface area contributed by atoms with Gasteiger partial charge < -0.3 is 0 Å². The van der Waals surface area contributed by atoms with Crippen molar-refractivity contribution in [3.63, 3.8) is 0 Å². The Labute approximate surface area is 189 Å². The quantitative estimate of drug-likeness (QED) is 0.143. The molecule has 0 unspecified atom stereocenters. The smallest absolute Gasteiger partial charge is 0.248 e. The molecule has 1 rings (SSSR count). The van der Waals surface area contributed by atoms with E-state index in [2.05, 4.69) is 42.7 Å². The molecule has 0 amide bonds. The highest BCUT2D eigenvalue weighted by Crippen LogP contribution is 2.13. The first-order valence-electron chi connectivity index (χ1n) is 13.8. The first kappa shape index (κ1) is 27.2. The number of hydrogen-bond acceptors (Lipinski definition) is 0.